The number of anilines is 6. The van der Waals surface area contributed by atoms with Gasteiger partial charge in [-0.2, -0.15) is 0 Å². The molecule has 0 saturated carbocycles. The predicted molar refractivity (Wildman–Crippen MR) is 309 cm³/mol. The first-order chi connectivity index (χ1) is 33.2. The minimum Gasteiger partial charge on any atom is -0.454 e. The number of benzene rings is 10. The average molecular weight is 1140 g/mol. The van der Waals surface area contributed by atoms with Crippen molar-refractivity contribution in [2.45, 2.75) is 61.7 Å². The molecule has 0 radical (unpaired) electrons. The second kappa shape index (κ2) is 16.4. The molecule has 0 aliphatic heterocycles. The average Bonchev–Trinajstić information content (AvgIpc) is 3.95. The van der Waals surface area contributed by atoms with Crippen molar-refractivity contribution >= 4 is 171 Å². The third-order valence-electron chi connectivity index (χ3n) is 14.5. The Bertz CT molecular complexity index is 3970. The van der Waals surface area contributed by atoms with Gasteiger partial charge in [-0.3, -0.25) is 0 Å². The van der Waals surface area contributed by atoms with E-state index in [9.17, 15) is 0 Å². The van der Waals surface area contributed by atoms with Gasteiger partial charge >= 0.3 is 0 Å². The van der Waals surface area contributed by atoms with Gasteiger partial charge in [0, 0.05) is 101 Å². The lowest BCUT2D eigenvalue weighted by Crippen LogP contribution is -2.24. The SMILES string of the molecule is CC(C)c1cc(N(c2ccc(SI)cc2)c2cccc3c2oc2ccccc23)c2cc3c4c(cc(N(c5ccc(SI)cc5)c5cccc6c5oc5ccccc56)c5ccc1c2c54)CCC3(C)C. The van der Waals surface area contributed by atoms with E-state index in [1.807, 2.05) is 0 Å². The lowest BCUT2D eigenvalue weighted by Gasteiger charge is -2.37. The highest BCUT2D eigenvalue weighted by Crippen LogP contribution is 2.56. The van der Waals surface area contributed by atoms with E-state index in [2.05, 4.69) is 244 Å². The molecule has 1 aliphatic carbocycles. The third-order valence-corrected chi connectivity index (χ3v) is 18.5. The summed E-state index contributed by atoms with van der Waals surface area (Å²) in [5.41, 5.74) is 14.1. The van der Waals surface area contributed by atoms with Crippen molar-refractivity contribution in [2.24, 2.45) is 0 Å². The van der Waals surface area contributed by atoms with E-state index in [4.69, 9.17) is 8.83 Å². The van der Waals surface area contributed by atoms with Gasteiger partial charge in [0.1, 0.15) is 11.2 Å². The first-order valence-corrected chi connectivity index (χ1v) is 29.9. The predicted octanol–water partition coefficient (Wildman–Crippen LogP) is 20.6. The van der Waals surface area contributed by atoms with Crippen molar-refractivity contribution in [2.75, 3.05) is 9.80 Å². The zero-order valence-corrected chi connectivity index (χ0v) is 43.8. The molecule has 0 bridgehead atoms. The Hall–Kier alpha value is -5.40. The van der Waals surface area contributed by atoms with E-state index in [1.165, 1.54) is 58.8 Å². The second-order valence-electron chi connectivity index (χ2n) is 19.2. The number of fused-ring (bicyclic) bond motifs is 6. The summed E-state index contributed by atoms with van der Waals surface area (Å²) in [6.07, 6.45) is 2.03. The lowest BCUT2D eigenvalue weighted by molar-refractivity contribution is 0.475. The normalized spacial score (nSPS) is 13.7. The third kappa shape index (κ3) is 6.53. The molecule has 13 rings (SSSR count). The Balaban J connectivity index is 1.17. The van der Waals surface area contributed by atoms with Crippen LogP contribution in [-0.2, 0) is 11.8 Å². The molecule has 1 aliphatic rings. The van der Waals surface area contributed by atoms with E-state index in [-0.39, 0.29) is 11.3 Å². The molecule has 4 nitrogen and oxygen atoms in total. The number of halogens is 2. The summed E-state index contributed by atoms with van der Waals surface area (Å²) in [7, 11) is 3.48. The van der Waals surface area contributed by atoms with Crippen LogP contribution in [0.1, 0.15) is 56.7 Å². The van der Waals surface area contributed by atoms with E-state index in [1.54, 1.807) is 17.9 Å². The minimum absolute atomic E-state index is 0.0650. The zero-order valence-electron chi connectivity index (χ0n) is 37.9. The Morgan fingerprint density at radius 2 is 1.00 bits per heavy atom. The van der Waals surface area contributed by atoms with Crippen molar-refractivity contribution in [3.63, 3.8) is 0 Å². The van der Waals surface area contributed by atoms with E-state index in [0.717, 1.165) is 90.8 Å². The fourth-order valence-electron chi connectivity index (χ4n) is 11.3. The number of hydrogen-bond acceptors (Lipinski definition) is 6. The largest absolute Gasteiger partial charge is 0.454 e. The fraction of sp³-hybridized carbons (Fsp3) is 0.133. The summed E-state index contributed by atoms with van der Waals surface area (Å²) in [5.74, 6) is 0.249. The molecule has 68 heavy (non-hydrogen) atoms. The van der Waals surface area contributed by atoms with Gasteiger partial charge in [0.05, 0.1) is 22.7 Å². The molecule has 0 N–H and O–H groups in total. The molecule has 0 fully saturated rings. The summed E-state index contributed by atoms with van der Waals surface area (Å²) in [5, 5.41) is 12.3. The Morgan fingerprint density at radius 1 is 0.485 bits per heavy atom. The number of furan rings is 2. The molecule has 2 heterocycles. The topological polar surface area (TPSA) is 32.8 Å². The van der Waals surface area contributed by atoms with Gasteiger partial charge in [0.15, 0.2) is 11.2 Å². The quantitative estimate of drug-likeness (QED) is 0.106. The molecule has 2 aromatic heterocycles. The van der Waals surface area contributed by atoms with Gasteiger partial charge in [0.2, 0.25) is 0 Å². The Labute approximate surface area is 427 Å². The number of aryl methyl sites for hydroxylation is 1. The molecular formula is C60H44I2N2O2S2. The summed E-state index contributed by atoms with van der Waals surface area (Å²) >= 11 is 4.77. The van der Waals surface area contributed by atoms with E-state index >= 15 is 0 Å². The van der Waals surface area contributed by atoms with E-state index in [0.29, 0.717) is 0 Å². The van der Waals surface area contributed by atoms with Crippen LogP contribution in [0.15, 0.2) is 182 Å². The maximum atomic E-state index is 6.89. The Kier molecular flexibility index (Phi) is 10.3. The fourth-order valence-corrected chi connectivity index (χ4v) is 13.5. The molecule has 8 heteroatoms. The van der Waals surface area contributed by atoms with Crippen LogP contribution in [0.5, 0.6) is 0 Å². The van der Waals surface area contributed by atoms with Crippen LogP contribution in [-0.4, -0.2) is 0 Å². The van der Waals surface area contributed by atoms with Crippen molar-refractivity contribution < 1.29 is 8.83 Å². The molecule has 0 atom stereocenters. The van der Waals surface area contributed by atoms with Crippen molar-refractivity contribution in [1.82, 2.24) is 0 Å². The van der Waals surface area contributed by atoms with Crippen LogP contribution in [0.2, 0.25) is 0 Å². The summed E-state index contributed by atoms with van der Waals surface area (Å²) in [6.45, 7) is 9.58. The molecule has 0 unspecified atom stereocenters. The van der Waals surface area contributed by atoms with Gasteiger partial charge in [-0.1, -0.05) is 118 Å². The highest BCUT2D eigenvalue weighted by Gasteiger charge is 2.35. The van der Waals surface area contributed by atoms with Crippen LogP contribution >= 0.6 is 60.3 Å². The van der Waals surface area contributed by atoms with Crippen molar-refractivity contribution in [3.8, 4) is 0 Å². The van der Waals surface area contributed by atoms with Gasteiger partial charge in [-0.15, -0.1) is 0 Å². The first-order valence-electron chi connectivity index (χ1n) is 23.2. The molecule has 0 spiro atoms. The molecular weight excluding hydrogens is 1100 g/mol. The van der Waals surface area contributed by atoms with Crippen molar-refractivity contribution in [3.05, 3.63) is 180 Å². The van der Waals surface area contributed by atoms with Crippen LogP contribution < -0.4 is 9.80 Å². The monoisotopic (exact) mass is 1140 g/mol. The lowest BCUT2D eigenvalue weighted by atomic mass is 9.70. The van der Waals surface area contributed by atoms with Gasteiger partial charge < -0.3 is 18.6 Å². The van der Waals surface area contributed by atoms with E-state index < -0.39 is 0 Å². The summed E-state index contributed by atoms with van der Waals surface area (Å²) < 4.78 is 13.7. The number of para-hydroxylation sites is 4. The summed E-state index contributed by atoms with van der Waals surface area (Å²) in [4.78, 5) is 7.38. The second-order valence-corrected chi connectivity index (χ2v) is 23.0. The first kappa shape index (κ1) is 42.7. The molecule has 0 amide bonds. The number of nitrogens with zero attached hydrogens (tertiary/aromatic N) is 2. The molecule has 0 saturated heterocycles. The van der Waals surface area contributed by atoms with Gasteiger partial charge in [-0.25, -0.2) is 0 Å². The maximum Gasteiger partial charge on any atom is 0.159 e. The van der Waals surface area contributed by atoms with Crippen LogP contribution in [0.25, 0.3) is 76.2 Å². The van der Waals surface area contributed by atoms with Gasteiger partial charge in [0.25, 0.3) is 0 Å². The van der Waals surface area contributed by atoms with Crippen molar-refractivity contribution in [1.29, 1.82) is 0 Å². The highest BCUT2D eigenvalue weighted by molar-refractivity contribution is 14.2. The number of hydrogen-bond donors (Lipinski definition) is 0. The standard InChI is InChI=1S/C60H44I2N2O2S2/c1-34(2)46-33-52(64(37-21-25-39(68-62)26-22-37)50-16-10-14-44-41-12-6-8-18-54(41)66-59(44)50)47-32-48-55-35(29-30-60(48,3)4)31-51(45-28-27-42(46)56(47)57(45)55)63(36-19-23-38(67-61)24-20-36)49-15-9-13-43-40-11-5-7-17-53(40)65-58(43)49/h5-28,31-34H,29-30H2,1-4H3. The smallest absolute Gasteiger partial charge is 0.159 e. The van der Waals surface area contributed by atoms with Crippen LogP contribution in [0.3, 0.4) is 0 Å². The minimum atomic E-state index is -0.0650. The molecule has 12 aromatic rings. The van der Waals surface area contributed by atoms with Crippen LogP contribution in [0, 0.1) is 0 Å². The molecule has 332 valence electrons. The molecule has 10 aromatic carbocycles. The highest BCUT2D eigenvalue weighted by atomic mass is 127. The number of rotatable bonds is 9. The maximum absolute atomic E-state index is 6.89. The Morgan fingerprint density at radius 3 is 1.54 bits per heavy atom. The van der Waals surface area contributed by atoms with Gasteiger partial charge in [-0.05, 0) is 148 Å². The zero-order chi connectivity index (χ0) is 46.0. The van der Waals surface area contributed by atoms with Crippen LogP contribution in [0.4, 0.5) is 34.1 Å². The summed E-state index contributed by atoms with van der Waals surface area (Å²) in [6, 6.07) is 60.5.